The zero-order chi connectivity index (χ0) is 7.98. The highest BCUT2D eigenvalue weighted by molar-refractivity contribution is 5.04. The van der Waals surface area contributed by atoms with Crippen molar-refractivity contribution in [2.24, 2.45) is 0 Å². The standard InChI is InChI=1S/C8H15FO/c1-3-4-5-7(2)8(9)6-10/h10H,3-6H2,1-2H3/b8-7-. The van der Waals surface area contributed by atoms with Gasteiger partial charge in [0.25, 0.3) is 0 Å². The number of aliphatic hydroxyl groups excluding tert-OH is 1. The van der Waals surface area contributed by atoms with Gasteiger partial charge in [0, 0.05) is 0 Å². The van der Waals surface area contributed by atoms with E-state index in [9.17, 15) is 4.39 Å². The van der Waals surface area contributed by atoms with Crippen LogP contribution in [0.25, 0.3) is 0 Å². The summed E-state index contributed by atoms with van der Waals surface area (Å²) in [6.45, 7) is 3.33. The third-order valence-electron chi connectivity index (χ3n) is 1.51. The highest BCUT2D eigenvalue weighted by atomic mass is 19.1. The van der Waals surface area contributed by atoms with Crippen LogP contribution in [0.15, 0.2) is 11.4 Å². The molecule has 2 heteroatoms. The quantitative estimate of drug-likeness (QED) is 0.645. The van der Waals surface area contributed by atoms with Crippen LogP contribution in [0.3, 0.4) is 0 Å². The van der Waals surface area contributed by atoms with Gasteiger partial charge in [-0.05, 0) is 25.3 Å². The largest absolute Gasteiger partial charge is 0.389 e. The molecule has 1 nitrogen and oxygen atoms in total. The van der Waals surface area contributed by atoms with E-state index in [2.05, 4.69) is 6.92 Å². The van der Waals surface area contributed by atoms with E-state index in [1.165, 1.54) is 0 Å². The Kier molecular flexibility index (Phi) is 5.22. The van der Waals surface area contributed by atoms with E-state index in [-0.39, 0.29) is 5.83 Å². The van der Waals surface area contributed by atoms with Crippen molar-refractivity contribution in [3.8, 4) is 0 Å². The van der Waals surface area contributed by atoms with E-state index in [1.807, 2.05) is 0 Å². The van der Waals surface area contributed by atoms with E-state index in [4.69, 9.17) is 5.11 Å². The fourth-order valence-corrected chi connectivity index (χ4v) is 0.713. The van der Waals surface area contributed by atoms with Gasteiger partial charge < -0.3 is 5.11 Å². The van der Waals surface area contributed by atoms with Crippen molar-refractivity contribution in [3.05, 3.63) is 11.4 Å². The van der Waals surface area contributed by atoms with Crippen LogP contribution in [-0.2, 0) is 0 Å². The number of halogens is 1. The lowest BCUT2D eigenvalue weighted by atomic mass is 10.1. The molecule has 0 rings (SSSR count). The number of allylic oxidation sites excluding steroid dienone is 1. The molecule has 0 aliphatic rings. The molecule has 0 saturated heterocycles. The van der Waals surface area contributed by atoms with E-state index >= 15 is 0 Å². The smallest absolute Gasteiger partial charge is 0.124 e. The molecule has 10 heavy (non-hydrogen) atoms. The van der Waals surface area contributed by atoms with Crippen LogP contribution in [0.5, 0.6) is 0 Å². The molecule has 0 aliphatic carbocycles. The molecule has 0 aromatic carbocycles. The Bertz CT molecular complexity index is 118. The van der Waals surface area contributed by atoms with Crippen LogP contribution in [0, 0.1) is 0 Å². The maximum Gasteiger partial charge on any atom is 0.124 e. The monoisotopic (exact) mass is 146 g/mol. The molecule has 0 bridgehead atoms. The zero-order valence-corrected chi connectivity index (χ0v) is 6.65. The Morgan fingerprint density at radius 2 is 2.10 bits per heavy atom. The third kappa shape index (κ3) is 3.62. The van der Waals surface area contributed by atoms with Gasteiger partial charge in [-0.2, -0.15) is 0 Å². The summed E-state index contributed by atoms with van der Waals surface area (Å²) in [5.74, 6) is -0.367. The zero-order valence-electron chi connectivity index (χ0n) is 6.65. The van der Waals surface area contributed by atoms with Crippen LogP contribution in [0.2, 0.25) is 0 Å². The number of hydrogen-bond donors (Lipinski definition) is 1. The Morgan fingerprint density at radius 3 is 2.50 bits per heavy atom. The molecule has 0 aromatic heterocycles. The molecule has 0 heterocycles. The summed E-state index contributed by atoms with van der Waals surface area (Å²) < 4.78 is 12.5. The predicted octanol–water partition coefficient (Wildman–Crippen LogP) is 2.41. The SMILES string of the molecule is CCCC/C(C)=C(\F)CO. The summed E-state index contributed by atoms with van der Waals surface area (Å²) in [7, 11) is 0. The molecule has 0 spiro atoms. The molecular weight excluding hydrogens is 131 g/mol. The highest BCUT2D eigenvalue weighted by Crippen LogP contribution is 2.11. The van der Waals surface area contributed by atoms with Crippen molar-refractivity contribution >= 4 is 0 Å². The second kappa shape index (κ2) is 5.42. The Labute approximate surface area is 61.6 Å². The molecule has 0 aliphatic heterocycles. The molecule has 0 aromatic rings. The first-order valence-corrected chi connectivity index (χ1v) is 3.67. The van der Waals surface area contributed by atoms with Crippen molar-refractivity contribution in [1.29, 1.82) is 0 Å². The summed E-state index contributed by atoms with van der Waals surface area (Å²) in [6.07, 6.45) is 2.83. The average molecular weight is 146 g/mol. The lowest BCUT2D eigenvalue weighted by molar-refractivity contribution is 0.295. The Hall–Kier alpha value is -0.370. The van der Waals surface area contributed by atoms with Crippen LogP contribution in [-0.4, -0.2) is 11.7 Å². The van der Waals surface area contributed by atoms with Crippen LogP contribution in [0.4, 0.5) is 4.39 Å². The molecule has 0 atom stereocenters. The van der Waals surface area contributed by atoms with E-state index in [0.29, 0.717) is 5.57 Å². The van der Waals surface area contributed by atoms with Crippen molar-refractivity contribution < 1.29 is 9.50 Å². The minimum Gasteiger partial charge on any atom is -0.389 e. The molecule has 1 N–H and O–H groups in total. The molecular formula is C8H15FO. The summed E-state index contributed by atoms with van der Waals surface area (Å²) >= 11 is 0. The number of rotatable bonds is 4. The second-order valence-corrected chi connectivity index (χ2v) is 2.45. The predicted molar refractivity (Wildman–Crippen MR) is 40.4 cm³/mol. The number of hydrogen-bond acceptors (Lipinski definition) is 1. The van der Waals surface area contributed by atoms with Gasteiger partial charge in [0.15, 0.2) is 0 Å². The number of unbranched alkanes of at least 4 members (excludes halogenated alkanes) is 1. The maximum atomic E-state index is 12.5. The number of aliphatic hydroxyl groups is 1. The minimum absolute atomic E-state index is 0.367. The summed E-state index contributed by atoms with van der Waals surface area (Å²) in [5.41, 5.74) is 0.685. The first-order chi connectivity index (χ1) is 4.72. The topological polar surface area (TPSA) is 20.2 Å². The minimum atomic E-state index is -0.449. The van der Waals surface area contributed by atoms with Crippen LogP contribution in [0.1, 0.15) is 33.1 Å². The van der Waals surface area contributed by atoms with Crippen molar-refractivity contribution in [2.75, 3.05) is 6.61 Å². The van der Waals surface area contributed by atoms with Gasteiger partial charge in [0.2, 0.25) is 0 Å². The molecule has 60 valence electrons. The van der Waals surface area contributed by atoms with Crippen molar-refractivity contribution in [2.45, 2.75) is 33.1 Å². The molecule has 0 saturated carbocycles. The normalized spacial score (nSPS) is 13.2. The van der Waals surface area contributed by atoms with Gasteiger partial charge in [-0.15, -0.1) is 0 Å². The summed E-state index contributed by atoms with van der Waals surface area (Å²) in [5, 5.41) is 8.37. The molecule has 0 radical (unpaired) electrons. The van der Waals surface area contributed by atoms with E-state index in [1.54, 1.807) is 6.92 Å². The summed E-state index contributed by atoms with van der Waals surface area (Å²) in [4.78, 5) is 0. The highest BCUT2D eigenvalue weighted by Gasteiger charge is 1.97. The van der Waals surface area contributed by atoms with Crippen LogP contribution >= 0.6 is 0 Å². The van der Waals surface area contributed by atoms with Gasteiger partial charge in [-0.25, -0.2) is 4.39 Å². The lowest BCUT2D eigenvalue weighted by Crippen LogP contribution is -1.88. The van der Waals surface area contributed by atoms with Gasteiger partial charge in [-0.3, -0.25) is 0 Å². The van der Waals surface area contributed by atoms with Crippen molar-refractivity contribution in [3.63, 3.8) is 0 Å². The molecule has 0 unspecified atom stereocenters. The second-order valence-electron chi connectivity index (χ2n) is 2.45. The lowest BCUT2D eigenvalue weighted by Gasteiger charge is -1.99. The van der Waals surface area contributed by atoms with Gasteiger partial charge in [0.1, 0.15) is 5.83 Å². The van der Waals surface area contributed by atoms with E-state index < -0.39 is 6.61 Å². The fourth-order valence-electron chi connectivity index (χ4n) is 0.713. The van der Waals surface area contributed by atoms with Crippen LogP contribution < -0.4 is 0 Å². The van der Waals surface area contributed by atoms with Gasteiger partial charge >= 0.3 is 0 Å². The van der Waals surface area contributed by atoms with E-state index in [0.717, 1.165) is 19.3 Å². The fraction of sp³-hybridized carbons (Fsp3) is 0.750. The first kappa shape index (κ1) is 9.63. The van der Waals surface area contributed by atoms with Crippen molar-refractivity contribution in [1.82, 2.24) is 0 Å². The maximum absolute atomic E-state index is 12.5. The Morgan fingerprint density at radius 1 is 1.50 bits per heavy atom. The average Bonchev–Trinajstić information content (AvgIpc) is 1.98. The molecule has 0 amide bonds. The third-order valence-corrected chi connectivity index (χ3v) is 1.51. The molecule has 0 fully saturated rings. The first-order valence-electron chi connectivity index (χ1n) is 3.67. The summed E-state index contributed by atoms with van der Waals surface area (Å²) in [6, 6.07) is 0. The van der Waals surface area contributed by atoms with Gasteiger partial charge in [0.05, 0.1) is 6.61 Å². The van der Waals surface area contributed by atoms with Gasteiger partial charge in [-0.1, -0.05) is 13.3 Å². The Balaban J connectivity index is 3.68.